The maximum atomic E-state index is 13.1. The third-order valence-corrected chi connectivity index (χ3v) is 7.77. The highest BCUT2D eigenvalue weighted by Gasteiger charge is 2.55. The summed E-state index contributed by atoms with van der Waals surface area (Å²) in [6.07, 6.45) is 3.49. The van der Waals surface area contributed by atoms with Gasteiger partial charge in [-0.2, -0.15) is 0 Å². The molecule has 1 unspecified atom stereocenters. The second kappa shape index (κ2) is 9.74. The first kappa shape index (κ1) is 24.2. The van der Waals surface area contributed by atoms with Gasteiger partial charge in [-0.05, 0) is 43.7 Å². The molecule has 0 bridgehead atoms. The van der Waals surface area contributed by atoms with Crippen LogP contribution in [0.4, 0.5) is 10.5 Å². The fraction of sp³-hybridized carbons (Fsp3) is 0.600. The molecule has 5 amide bonds. The summed E-state index contributed by atoms with van der Waals surface area (Å²) in [5.41, 5.74) is 2.08. The summed E-state index contributed by atoms with van der Waals surface area (Å²) >= 11 is 0. The van der Waals surface area contributed by atoms with Crippen molar-refractivity contribution in [1.29, 1.82) is 0 Å². The van der Waals surface area contributed by atoms with Crippen molar-refractivity contribution in [3.05, 3.63) is 29.3 Å². The molecule has 1 aromatic carbocycles. The molecule has 3 N–H and O–H groups in total. The third kappa shape index (κ3) is 4.66. The van der Waals surface area contributed by atoms with Crippen molar-refractivity contribution in [1.82, 2.24) is 15.1 Å². The van der Waals surface area contributed by atoms with Crippen LogP contribution >= 0.6 is 0 Å². The number of carbonyl (C=O) groups excluding carboxylic acids is 4. The smallest absolute Gasteiger partial charge is 0.325 e. The zero-order valence-electron chi connectivity index (χ0n) is 20.4. The molecule has 2 aliphatic heterocycles. The van der Waals surface area contributed by atoms with Gasteiger partial charge in [0.25, 0.3) is 11.8 Å². The summed E-state index contributed by atoms with van der Waals surface area (Å²) in [6, 6.07) is 5.46. The molecule has 4 rings (SSSR count). The van der Waals surface area contributed by atoms with Gasteiger partial charge < -0.3 is 20.4 Å². The van der Waals surface area contributed by atoms with Gasteiger partial charge in [0.05, 0.1) is 26.2 Å². The van der Waals surface area contributed by atoms with Crippen molar-refractivity contribution in [3.8, 4) is 0 Å². The van der Waals surface area contributed by atoms with Crippen molar-refractivity contribution in [2.75, 3.05) is 44.6 Å². The number of quaternary nitrogens is 1. The van der Waals surface area contributed by atoms with E-state index in [-0.39, 0.29) is 30.2 Å². The highest BCUT2D eigenvalue weighted by molar-refractivity contribution is 6.09. The molecule has 1 saturated carbocycles. The number of nitrogens with one attached hydrogen (secondary N) is 3. The average molecular weight is 471 g/mol. The minimum atomic E-state index is -0.846. The van der Waals surface area contributed by atoms with Gasteiger partial charge in [-0.1, -0.05) is 38.0 Å². The zero-order chi connectivity index (χ0) is 24.5. The van der Waals surface area contributed by atoms with Crippen molar-refractivity contribution in [2.45, 2.75) is 52.0 Å². The van der Waals surface area contributed by atoms with Crippen LogP contribution in [0, 0.1) is 19.8 Å². The van der Waals surface area contributed by atoms with E-state index in [0.29, 0.717) is 39.1 Å². The van der Waals surface area contributed by atoms with Crippen LogP contribution in [0.15, 0.2) is 18.2 Å². The van der Waals surface area contributed by atoms with Crippen LogP contribution in [0.2, 0.25) is 0 Å². The van der Waals surface area contributed by atoms with E-state index in [1.165, 1.54) is 0 Å². The van der Waals surface area contributed by atoms with Gasteiger partial charge in [0.1, 0.15) is 12.1 Å². The van der Waals surface area contributed by atoms with E-state index in [2.05, 4.69) is 10.6 Å². The number of hydrogen-bond acceptors (Lipinski definition) is 4. The molecule has 1 aromatic rings. The normalized spacial score (nSPS) is 25.6. The second-order valence-corrected chi connectivity index (χ2v) is 10.1. The second-order valence-electron chi connectivity index (χ2n) is 10.1. The minimum absolute atomic E-state index is 0.0431. The fourth-order valence-corrected chi connectivity index (χ4v) is 5.55. The Morgan fingerprint density at radius 3 is 2.47 bits per heavy atom. The Hall–Kier alpha value is -2.94. The van der Waals surface area contributed by atoms with E-state index < -0.39 is 11.6 Å². The quantitative estimate of drug-likeness (QED) is 0.545. The number of piperazine rings is 1. The molecular weight excluding hydrogens is 434 g/mol. The standard InChI is InChI=1S/C25H35N5O4/c1-17-7-6-8-18(2)22(17)26-20(31)15-28-11-13-29(14-12-28)21(32)16-30-23(33)25(27-24(30)34)10-5-4-9-19(25)3/h6-8,19H,4-5,9-16H2,1-3H3,(H,26,31)(H,27,34)/p+1/t19?,25-/m1/s1. The Bertz CT molecular complexity index is 967. The number of para-hydroxylation sites is 1. The Balaban J connectivity index is 1.27. The predicted octanol–water partition coefficient (Wildman–Crippen LogP) is 0.470. The molecule has 34 heavy (non-hydrogen) atoms. The molecule has 184 valence electrons. The minimum Gasteiger partial charge on any atom is -0.330 e. The number of anilines is 1. The number of nitrogens with zero attached hydrogens (tertiary/aromatic N) is 2. The predicted molar refractivity (Wildman–Crippen MR) is 127 cm³/mol. The largest absolute Gasteiger partial charge is 0.330 e. The maximum absolute atomic E-state index is 13.1. The lowest BCUT2D eigenvalue weighted by atomic mass is 9.73. The molecule has 1 spiro atoms. The van der Waals surface area contributed by atoms with Gasteiger partial charge in [-0.3, -0.25) is 19.3 Å². The molecule has 2 heterocycles. The zero-order valence-corrected chi connectivity index (χ0v) is 20.4. The SMILES string of the molecule is Cc1cccc(C)c1NC(=O)C[NH+]1CCN(C(=O)CN2C(=O)N[C@@]3(CCCCC3C)C2=O)CC1. The van der Waals surface area contributed by atoms with Crippen LogP contribution in [0.3, 0.4) is 0 Å². The third-order valence-electron chi connectivity index (χ3n) is 7.77. The summed E-state index contributed by atoms with van der Waals surface area (Å²) in [4.78, 5) is 55.1. The number of amides is 5. The summed E-state index contributed by atoms with van der Waals surface area (Å²) in [6.45, 7) is 8.35. The van der Waals surface area contributed by atoms with Crippen molar-refractivity contribution < 1.29 is 24.1 Å². The number of imide groups is 1. The van der Waals surface area contributed by atoms with E-state index in [1.807, 2.05) is 39.0 Å². The van der Waals surface area contributed by atoms with Crippen LogP contribution in [0.5, 0.6) is 0 Å². The fourth-order valence-electron chi connectivity index (χ4n) is 5.55. The number of rotatable bonds is 5. The first-order valence-electron chi connectivity index (χ1n) is 12.3. The monoisotopic (exact) mass is 470 g/mol. The van der Waals surface area contributed by atoms with Crippen LogP contribution in [-0.2, 0) is 14.4 Å². The molecule has 3 aliphatic rings. The number of aryl methyl sites for hydroxylation is 2. The highest BCUT2D eigenvalue weighted by Crippen LogP contribution is 2.38. The topological polar surface area (TPSA) is 103 Å². The lowest BCUT2D eigenvalue weighted by Gasteiger charge is -2.37. The number of carbonyl (C=O) groups is 4. The van der Waals surface area contributed by atoms with Gasteiger partial charge in [0, 0.05) is 5.69 Å². The molecule has 2 saturated heterocycles. The molecule has 3 fully saturated rings. The van der Waals surface area contributed by atoms with Crippen molar-refractivity contribution >= 4 is 29.4 Å². The van der Waals surface area contributed by atoms with Crippen LogP contribution < -0.4 is 15.5 Å². The maximum Gasteiger partial charge on any atom is 0.325 e. The van der Waals surface area contributed by atoms with Crippen molar-refractivity contribution in [2.24, 2.45) is 5.92 Å². The van der Waals surface area contributed by atoms with E-state index in [0.717, 1.165) is 45.9 Å². The van der Waals surface area contributed by atoms with Gasteiger partial charge in [-0.25, -0.2) is 4.79 Å². The number of urea groups is 1. The summed E-state index contributed by atoms with van der Waals surface area (Å²) in [7, 11) is 0. The summed E-state index contributed by atoms with van der Waals surface area (Å²) in [5.74, 6) is -0.452. The average Bonchev–Trinajstić information content (AvgIpc) is 3.03. The van der Waals surface area contributed by atoms with Crippen molar-refractivity contribution in [3.63, 3.8) is 0 Å². The van der Waals surface area contributed by atoms with E-state index in [4.69, 9.17) is 0 Å². The molecule has 0 radical (unpaired) electrons. The Morgan fingerprint density at radius 1 is 1.15 bits per heavy atom. The molecule has 1 aliphatic carbocycles. The lowest BCUT2D eigenvalue weighted by Crippen LogP contribution is -3.15. The lowest BCUT2D eigenvalue weighted by molar-refractivity contribution is -0.895. The molecule has 2 atom stereocenters. The van der Waals surface area contributed by atoms with E-state index in [9.17, 15) is 19.2 Å². The Morgan fingerprint density at radius 2 is 1.82 bits per heavy atom. The van der Waals surface area contributed by atoms with Crippen LogP contribution in [0.25, 0.3) is 0 Å². The van der Waals surface area contributed by atoms with Gasteiger partial charge in [-0.15, -0.1) is 0 Å². The van der Waals surface area contributed by atoms with Gasteiger partial charge in [0.15, 0.2) is 6.54 Å². The number of benzene rings is 1. The Kier molecular flexibility index (Phi) is 6.93. The first-order chi connectivity index (χ1) is 16.2. The molecule has 9 heteroatoms. The van der Waals surface area contributed by atoms with E-state index >= 15 is 0 Å². The molecule has 0 aromatic heterocycles. The van der Waals surface area contributed by atoms with Crippen LogP contribution in [0.1, 0.15) is 43.7 Å². The van der Waals surface area contributed by atoms with E-state index in [1.54, 1.807) is 4.90 Å². The van der Waals surface area contributed by atoms with Gasteiger partial charge in [0.2, 0.25) is 5.91 Å². The number of hydrogen-bond donors (Lipinski definition) is 3. The summed E-state index contributed by atoms with van der Waals surface area (Å²) < 4.78 is 0. The van der Waals surface area contributed by atoms with Gasteiger partial charge >= 0.3 is 6.03 Å². The molecule has 9 nitrogen and oxygen atoms in total. The summed E-state index contributed by atoms with van der Waals surface area (Å²) in [5, 5.41) is 5.92. The molecular formula is C25H36N5O4+. The Labute approximate surface area is 200 Å². The first-order valence-corrected chi connectivity index (χ1v) is 12.3. The highest BCUT2D eigenvalue weighted by atomic mass is 16.2. The van der Waals surface area contributed by atoms with Crippen LogP contribution in [-0.4, -0.2) is 78.4 Å².